The Kier molecular flexibility index (Phi) is 3.70. The molecule has 0 spiro atoms. The van der Waals surface area contributed by atoms with Crippen LogP contribution in [0.25, 0.3) is 16.9 Å². The fourth-order valence-electron chi connectivity index (χ4n) is 2.15. The van der Waals surface area contributed by atoms with E-state index in [4.69, 9.17) is 0 Å². The van der Waals surface area contributed by atoms with Crippen molar-refractivity contribution >= 4 is 11.6 Å². The van der Waals surface area contributed by atoms with Crippen molar-refractivity contribution in [2.24, 2.45) is 0 Å². The molecule has 0 aliphatic carbocycles. The quantitative estimate of drug-likeness (QED) is 0.531. The Hall–Kier alpha value is -2.97. The number of hydrogen-bond acceptors (Lipinski definition) is 4. The largest absolute Gasteiger partial charge is 0.464 e. The molecule has 0 radical (unpaired) electrons. The standard InChI is InChI=1S/C15H9F4N3O2/c1-24-14(23)11-7-13-20-10(8-2-4-9(16)5-3-8)6-12(15(17,18)19)22(13)21-11/h2-7H,1H3. The summed E-state index contributed by atoms with van der Waals surface area (Å²) in [6.45, 7) is 0. The molecule has 0 aliphatic rings. The van der Waals surface area contributed by atoms with Gasteiger partial charge in [0, 0.05) is 11.6 Å². The number of ether oxygens (including phenoxy) is 1. The van der Waals surface area contributed by atoms with Gasteiger partial charge in [-0.05, 0) is 30.3 Å². The number of carbonyl (C=O) groups is 1. The van der Waals surface area contributed by atoms with Crippen LogP contribution in [-0.4, -0.2) is 27.7 Å². The zero-order chi connectivity index (χ0) is 17.5. The second kappa shape index (κ2) is 5.59. The lowest BCUT2D eigenvalue weighted by molar-refractivity contribution is -0.142. The van der Waals surface area contributed by atoms with Gasteiger partial charge in [-0.1, -0.05) is 0 Å². The van der Waals surface area contributed by atoms with Gasteiger partial charge < -0.3 is 4.74 Å². The highest BCUT2D eigenvalue weighted by atomic mass is 19.4. The van der Waals surface area contributed by atoms with E-state index in [2.05, 4.69) is 14.8 Å². The SMILES string of the molecule is COC(=O)c1cc2nc(-c3ccc(F)cc3)cc(C(F)(F)F)n2n1. The highest BCUT2D eigenvalue weighted by Crippen LogP contribution is 2.32. The molecule has 0 amide bonds. The van der Waals surface area contributed by atoms with Crippen LogP contribution in [0.4, 0.5) is 17.6 Å². The van der Waals surface area contributed by atoms with Crippen molar-refractivity contribution in [3.63, 3.8) is 0 Å². The molecule has 0 aliphatic heterocycles. The van der Waals surface area contributed by atoms with Crippen molar-refractivity contribution in [3.8, 4) is 11.3 Å². The van der Waals surface area contributed by atoms with Crippen LogP contribution in [0.2, 0.25) is 0 Å². The third-order valence-corrected chi connectivity index (χ3v) is 3.25. The smallest absolute Gasteiger partial charge is 0.433 e. The first-order valence-corrected chi connectivity index (χ1v) is 6.62. The van der Waals surface area contributed by atoms with Crippen LogP contribution in [0.15, 0.2) is 36.4 Å². The molecule has 2 aromatic heterocycles. The summed E-state index contributed by atoms with van der Waals surface area (Å²) in [6.07, 6.45) is -4.73. The second-order valence-electron chi connectivity index (χ2n) is 4.82. The number of methoxy groups -OCH3 is 1. The Labute approximate surface area is 132 Å². The summed E-state index contributed by atoms with van der Waals surface area (Å²) < 4.78 is 57.9. The van der Waals surface area contributed by atoms with Crippen LogP contribution >= 0.6 is 0 Å². The van der Waals surface area contributed by atoms with Crippen molar-refractivity contribution in [1.82, 2.24) is 14.6 Å². The summed E-state index contributed by atoms with van der Waals surface area (Å²) in [5, 5.41) is 3.60. The van der Waals surface area contributed by atoms with E-state index in [9.17, 15) is 22.4 Å². The van der Waals surface area contributed by atoms with E-state index < -0.39 is 23.7 Å². The van der Waals surface area contributed by atoms with Crippen molar-refractivity contribution in [2.75, 3.05) is 7.11 Å². The Balaban J connectivity index is 2.25. The molecule has 2 heterocycles. The van der Waals surface area contributed by atoms with Gasteiger partial charge in [0.2, 0.25) is 0 Å². The van der Waals surface area contributed by atoms with Crippen molar-refractivity contribution in [2.45, 2.75) is 6.18 Å². The van der Waals surface area contributed by atoms with E-state index >= 15 is 0 Å². The van der Waals surface area contributed by atoms with E-state index in [1.165, 1.54) is 12.1 Å². The fourth-order valence-corrected chi connectivity index (χ4v) is 2.15. The van der Waals surface area contributed by atoms with E-state index in [1.54, 1.807) is 0 Å². The minimum atomic E-state index is -4.73. The lowest BCUT2D eigenvalue weighted by Crippen LogP contribution is -2.14. The summed E-state index contributed by atoms with van der Waals surface area (Å²) in [5.74, 6) is -1.40. The Bertz CT molecular complexity index is 917. The summed E-state index contributed by atoms with van der Waals surface area (Å²) in [4.78, 5) is 15.5. The number of halogens is 4. The third-order valence-electron chi connectivity index (χ3n) is 3.25. The first kappa shape index (κ1) is 15.9. The van der Waals surface area contributed by atoms with Gasteiger partial charge in [0.25, 0.3) is 0 Å². The maximum atomic E-state index is 13.3. The normalized spacial score (nSPS) is 11.7. The van der Waals surface area contributed by atoms with Gasteiger partial charge in [-0.25, -0.2) is 18.7 Å². The lowest BCUT2D eigenvalue weighted by Gasteiger charge is -2.11. The molecule has 0 atom stereocenters. The van der Waals surface area contributed by atoms with Crippen molar-refractivity contribution in [3.05, 3.63) is 53.6 Å². The van der Waals surface area contributed by atoms with Crippen LogP contribution in [0.5, 0.6) is 0 Å². The zero-order valence-electron chi connectivity index (χ0n) is 12.1. The Morgan fingerprint density at radius 3 is 2.42 bits per heavy atom. The maximum Gasteiger partial charge on any atom is 0.433 e. The maximum absolute atomic E-state index is 13.3. The molecule has 3 rings (SSSR count). The molecule has 0 bridgehead atoms. The third kappa shape index (κ3) is 2.80. The Morgan fingerprint density at radius 1 is 1.17 bits per heavy atom. The number of nitrogens with zero attached hydrogens (tertiary/aromatic N) is 3. The first-order chi connectivity index (χ1) is 11.3. The van der Waals surface area contributed by atoms with Gasteiger partial charge in [0.15, 0.2) is 17.0 Å². The molecule has 0 fully saturated rings. The number of fused-ring (bicyclic) bond motifs is 1. The van der Waals surface area contributed by atoms with Crippen molar-refractivity contribution < 1.29 is 27.1 Å². The number of carbonyl (C=O) groups excluding carboxylic acids is 1. The minimum absolute atomic E-state index is 0.0221. The molecule has 124 valence electrons. The summed E-state index contributed by atoms with van der Waals surface area (Å²) >= 11 is 0. The van der Waals surface area contributed by atoms with Gasteiger partial charge in [-0.3, -0.25) is 0 Å². The van der Waals surface area contributed by atoms with Gasteiger partial charge >= 0.3 is 12.1 Å². The number of esters is 1. The van der Waals surface area contributed by atoms with Crippen LogP contribution in [0.3, 0.4) is 0 Å². The number of aromatic nitrogens is 3. The molecule has 1 aromatic carbocycles. The highest BCUT2D eigenvalue weighted by Gasteiger charge is 2.35. The molecule has 24 heavy (non-hydrogen) atoms. The molecule has 0 N–H and O–H groups in total. The lowest BCUT2D eigenvalue weighted by atomic mass is 10.1. The average Bonchev–Trinajstić information content (AvgIpc) is 2.96. The summed E-state index contributed by atoms with van der Waals surface area (Å²) in [6, 6.07) is 6.73. The number of rotatable bonds is 2. The molecule has 0 saturated carbocycles. The predicted octanol–water partition coefficient (Wildman–Crippen LogP) is 3.34. The van der Waals surface area contributed by atoms with E-state index in [0.717, 1.165) is 31.4 Å². The van der Waals surface area contributed by atoms with Gasteiger partial charge in [0.1, 0.15) is 5.82 Å². The average molecular weight is 339 g/mol. The molecule has 0 unspecified atom stereocenters. The number of alkyl halides is 3. The van der Waals surface area contributed by atoms with E-state index in [0.29, 0.717) is 10.1 Å². The second-order valence-corrected chi connectivity index (χ2v) is 4.82. The topological polar surface area (TPSA) is 56.5 Å². The summed E-state index contributed by atoms with van der Waals surface area (Å²) in [5.41, 5.74) is -1.31. The monoisotopic (exact) mass is 339 g/mol. The van der Waals surface area contributed by atoms with Crippen LogP contribution in [-0.2, 0) is 10.9 Å². The van der Waals surface area contributed by atoms with Gasteiger partial charge in [-0.15, -0.1) is 0 Å². The van der Waals surface area contributed by atoms with Crippen LogP contribution in [0, 0.1) is 5.82 Å². The predicted molar refractivity (Wildman–Crippen MR) is 74.7 cm³/mol. The van der Waals surface area contributed by atoms with E-state index in [1.807, 2.05) is 0 Å². The number of hydrogen-bond donors (Lipinski definition) is 0. The first-order valence-electron chi connectivity index (χ1n) is 6.62. The molecule has 0 saturated heterocycles. The van der Waals surface area contributed by atoms with E-state index in [-0.39, 0.29) is 17.0 Å². The Morgan fingerprint density at radius 2 is 1.83 bits per heavy atom. The minimum Gasteiger partial charge on any atom is -0.464 e. The highest BCUT2D eigenvalue weighted by molar-refractivity contribution is 5.88. The summed E-state index contributed by atoms with van der Waals surface area (Å²) in [7, 11) is 1.09. The molecule has 5 nitrogen and oxygen atoms in total. The fraction of sp³-hybridized carbons (Fsp3) is 0.133. The van der Waals surface area contributed by atoms with Crippen LogP contribution < -0.4 is 0 Å². The molecule has 9 heteroatoms. The van der Waals surface area contributed by atoms with Gasteiger partial charge in [-0.2, -0.15) is 18.3 Å². The van der Waals surface area contributed by atoms with Crippen molar-refractivity contribution in [1.29, 1.82) is 0 Å². The number of benzene rings is 1. The molecular formula is C15H9F4N3O2. The zero-order valence-corrected chi connectivity index (χ0v) is 12.1. The van der Waals surface area contributed by atoms with Gasteiger partial charge in [0.05, 0.1) is 12.8 Å². The molecule has 3 aromatic rings. The van der Waals surface area contributed by atoms with Crippen LogP contribution in [0.1, 0.15) is 16.2 Å². The molecular weight excluding hydrogens is 330 g/mol.